The summed E-state index contributed by atoms with van der Waals surface area (Å²) in [5.74, 6) is -3.20. The summed E-state index contributed by atoms with van der Waals surface area (Å²) in [6.45, 7) is 3.87. The maximum Gasteiger partial charge on any atom is 0.387 e. The van der Waals surface area contributed by atoms with E-state index in [-0.39, 0.29) is 17.0 Å². The van der Waals surface area contributed by atoms with Gasteiger partial charge in [0.05, 0.1) is 17.0 Å². The largest absolute Gasteiger partial charge is 0.478 e. The van der Waals surface area contributed by atoms with Crippen LogP contribution in [0.1, 0.15) is 60.2 Å². The van der Waals surface area contributed by atoms with Crippen LogP contribution in [0.2, 0.25) is 0 Å². The number of hydrogen-bond acceptors (Lipinski definition) is 5. The number of carboxylic acid groups (broad SMARTS) is 1. The van der Waals surface area contributed by atoms with E-state index in [0.29, 0.717) is 12.8 Å². The molecular formula is C16H20O6. The first-order valence-corrected chi connectivity index (χ1v) is 7.26. The molecule has 1 unspecified atom stereocenters. The number of carboxylic acids is 1. The Bertz CT molecular complexity index is 537. The standard InChI is InChI=1S/C16H20O6/c1-3-5-8-11(4-2)15(19)21-22-16(20)13-10-7-6-9-12(13)14(17)18/h6-7,9-11H,3-5,8H2,1-2H3,(H,17,18). The molecular weight excluding hydrogens is 288 g/mol. The zero-order valence-corrected chi connectivity index (χ0v) is 12.7. The fourth-order valence-corrected chi connectivity index (χ4v) is 1.98. The van der Waals surface area contributed by atoms with Crippen molar-refractivity contribution in [1.82, 2.24) is 0 Å². The Morgan fingerprint density at radius 3 is 2.27 bits per heavy atom. The first-order chi connectivity index (χ1) is 10.5. The number of hydrogen-bond donors (Lipinski definition) is 1. The van der Waals surface area contributed by atoms with Crippen molar-refractivity contribution in [3.8, 4) is 0 Å². The highest BCUT2D eigenvalue weighted by Crippen LogP contribution is 2.16. The summed E-state index contributed by atoms with van der Waals surface area (Å²) in [6, 6.07) is 5.57. The van der Waals surface area contributed by atoms with Gasteiger partial charge < -0.3 is 5.11 Å². The van der Waals surface area contributed by atoms with E-state index in [1.54, 1.807) is 0 Å². The van der Waals surface area contributed by atoms with Crippen molar-refractivity contribution in [1.29, 1.82) is 0 Å². The van der Waals surface area contributed by atoms with Crippen LogP contribution in [0.25, 0.3) is 0 Å². The quantitative estimate of drug-likeness (QED) is 0.614. The van der Waals surface area contributed by atoms with E-state index in [9.17, 15) is 14.4 Å². The Hall–Kier alpha value is -2.37. The summed E-state index contributed by atoms with van der Waals surface area (Å²) < 4.78 is 0. The van der Waals surface area contributed by atoms with Crippen molar-refractivity contribution in [2.24, 2.45) is 5.92 Å². The lowest BCUT2D eigenvalue weighted by atomic mass is 10.00. The molecule has 1 N–H and O–H groups in total. The van der Waals surface area contributed by atoms with Crippen LogP contribution in [0.15, 0.2) is 24.3 Å². The number of rotatable bonds is 7. The molecule has 22 heavy (non-hydrogen) atoms. The summed E-state index contributed by atoms with van der Waals surface area (Å²) in [4.78, 5) is 43.7. The molecule has 0 heterocycles. The summed E-state index contributed by atoms with van der Waals surface area (Å²) in [7, 11) is 0. The molecule has 0 amide bonds. The number of carbonyl (C=O) groups excluding carboxylic acids is 2. The maximum absolute atomic E-state index is 11.8. The van der Waals surface area contributed by atoms with Gasteiger partial charge in [0.25, 0.3) is 0 Å². The predicted molar refractivity (Wildman–Crippen MR) is 78.2 cm³/mol. The summed E-state index contributed by atoms with van der Waals surface area (Å²) in [5, 5.41) is 9.00. The molecule has 120 valence electrons. The van der Waals surface area contributed by atoms with Crippen LogP contribution in [-0.4, -0.2) is 23.0 Å². The highest BCUT2D eigenvalue weighted by molar-refractivity contribution is 6.02. The van der Waals surface area contributed by atoms with E-state index < -0.39 is 17.9 Å². The fraction of sp³-hybridized carbons (Fsp3) is 0.438. The minimum atomic E-state index is -1.26. The monoisotopic (exact) mass is 308 g/mol. The van der Waals surface area contributed by atoms with Crippen molar-refractivity contribution >= 4 is 17.9 Å². The van der Waals surface area contributed by atoms with Crippen molar-refractivity contribution in [3.63, 3.8) is 0 Å². The molecule has 6 heteroatoms. The van der Waals surface area contributed by atoms with E-state index in [4.69, 9.17) is 5.11 Å². The molecule has 0 aliphatic heterocycles. The third-order valence-corrected chi connectivity index (χ3v) is 3.31. The van der Waals surface area contributed by atoms with Crippen LogP contribution in [0.4, 0.5) is 0 Å². The van der Waals surface area contributed by atoms with Crippen molar-refractivity contribution in [2.45, 2.75) is 39.5 Å². The van der Waals surface area contributed by atoms with Crippen molar-refractivity contribution in [3.05, 3.63) is 35.4 Å². The average molecular weight is 308 g/mol. The van der Waals surface area contributed by atoms with Crippen LogP contribution in [0.5, 0.6) is 0 Å². The van der Waals surface area contributed by atoms with E-state index in [0.717, 1.165) is 12.8 Å². The molecule has 1 aromatic rings. The molecule has 0 saturated carbocycles. The zero-order chi connectivity index (χ0) is 16.5. The van der Waals surface area contributed by atoms with Gasteiger partial charge in [0.1, 0.15) is 0 Å². The van der Waals surface area contributed by atoms with Gasteiger partial charge in [-0.1, -0.05) is 38.8 Å². The van der Waals surface area contributed by atoms with Gasteiger partial charge in [0.15, 0.2) is 0 Å². The van der Waals surface area contributed by atoms with Gasteiger partial charge in [-0.2, -0.15) is 0 Å². The Labute approximate surface area is 129 Å². The van der Waals surface area contributed by atoms with Gasteiger partial charge in [-0.05, 0) is 25.0 Å². The lowest BCUT2D eigenvalue weighted by Crippen LogP contribution is -2.20. The molecule has 1 rings (SSSR count). The molecule has 1 atom stereocenters. The highest BCUT2D eigenvalue weighted by atomic mass is 17.2. The minimum Gasteiger partial charge on any atom is -0.478 e. The van der Waals surface area contributed by atoms with Crippen LogP contribution in [-0.2, 0) is 14.6 Å². The topological polar surface area (TPSA) is 89.9 Å². The predicted octanol–water partition coefficient (Wildman–Crippen LogP) is 3.22. The van der Waals surface area contributed by atoms with Crippen LogP contribution in [0, 0.1) is 5.92 Å². The molecule has 0 saturated heterocycles. The average Bonchev–Trinajstić information content (AvgIpc) is 2.53. The van der Waals surface area contributed by atoms with Gasteiger partial charge in [-0.25, -0.2) is 24.2 Å². The number of unbranched alkanes of at least 4 members (excludes halogenated alkanes) is 1. The summed E-state index contributed by atoms with van der Waals surface area (Å²) in [5.41, 5.74) is -0.369. The first-order valence-electron chi connectivity index (χ1n) is 7.26. The number of benzene rings is 1. The second-order valence-electron chi connectivity index (χ2n) is 4.87. The second-order valence-corrected chi connectivity index (χ2v) is 4.87. The maximum atomic E-state index is 11.8. The van der Waals surface area contributed by atoms with Gasteiger partial charge in [0.2, 0.25) is 0 Å². The molecule has 6 nitrogen and oxygen atoms in total. The van der Waals surface area contributed by atoms with Gasteiger partial charge in [0, 0.05) is 0 Å². The fourth-order valence-electron chi connectivity index (χ4n) is 1.98. The Balaban J connectivity index is 2.66. The first kappa shape index (κ1) is 17.7. The van der Waals surface area contributed by atoms with Gasteiger partial charge in [-0.15, -0.1) is 0 Å². The van der Waals surface area contributed by atoms with Gasteiger partial charge in [-0.3, -0.25) is 0 Å². The molecule has 0 bridgehead atoms. The molecule has 0 aliphatic carbocycles. The number of carbonyl (C=O) groups is 3. The van der Waals surface area contributed by atoms with E-state index in [1.165, 1.54) is 24.3 Å². The third-order valence-electron chi connectivity index (χ3n) is 3.31. The van der Waals surface area contributed by atoms with E-state index >= 15 is 0 Å². The van der Waals surface area contributed by atoms with E-state index in [1.807, 2.05) is 13.8 Å². The third kappa shape index (κ3) is 4.87. The lowest BCUT2D eigenvalue weighted by molar-refractivity contribution is -0.238. The van der Waals surface area contributed by atoms with E-state index in [2.05, 4.69) is 9.78 Å². The molecule has 0 fully saturated rings. The Morgan fingerprint density at radius 2 is 1.73 bits per heavy atom. The lowest BCUT2D eigenvalue weighted by Gasteiger charge is -2.12. The van der Waals surface area contributed by atoms with Gasteiger partial charge >= 0.3 is 17.9 Å². The smallest absolute Gasteiger partial charge is 0.387 e. The van der Waals surface area contributed by atoms with Crippen LogP contribution < -0.4 is 0 Å². The molecule has 0 aliphatic rings. The summed E-state index contributed by atoms with van der Waals surface area (Å²) in [6.07, 6.45) is 3.08. The SMILES string of the molecule is CCCCC(CC)C(=O)OOC(=O)c1ccccc1C(=O)O. The van der Waals surface area contributed by atoms with Crippen LogP contribution in [0.3, 0.4) is 0 Å². The molecule has 0 spiro atoms. The van der Waals surface area contributed by atoms with Crippen molar-refractivity contribution in [2.75, 3.05) is 0 Å². The number of aromatic carboxylic acids is 1. The second kappa shape index (κ2) is 8.81. The Morgan fingerprint density at radius 1 is 1.09 bits per heavy atom. The van der Waals surface area contributed by atoms with Crippen LogP contribution >= 0.6 is 0 Å². The molecule has 1 aromatic carbocycles. The highest BCUT2D eigenvalue weighted by Gasteiger charge is 2.23. The zero-order valence-electron chi connectivity index (χ0n) is 12.7. The van der Waals surface area contributed by atoms with Crippen molar-refractivity contribution < 1.29 is 29.3 Å². The summed E-state index contributed by atoms with van der Waals surface area (Å²) >= 11 is 0. The molecule has 0 radical (unpaired) electrons. The normalized spacial score (nSPS) is 11.5. The molecule has 0 aromatic heterocycles. The Kier molecular flexibility index (Phi) is 7.08. The minimum absolute atomic E-state index is 0.163.